The van der Waals surface area contributed by atoms with Gasteiger partial charge in [-0.25, -0.2) is 9.37 Å². The van der Waals surface area contributed by atoms with Gasteiger partial charge in [0.25, 0.3) is 0 Å². The lowest BCUT2D eigenvalue weighted by Gasteiger charge is -2.24. The van der Waals surface area contributed by atoms with Crippen molar-refractivity contribution < 1.29 is 22.4 Å². The number of hydrogen-bond donors (Lipinski definition) is 2. The van der Waals surface area contributed by atoms with Crippen LogP contribution >= 0.6 is 0 Å². The van der Waals surface area contributed by atoms with Gasteiger partial charge in [-0.05, 0) is 12.3 Å². The average molecular weight is 383 g/mol. The number of amides is 1. The fourth-order valence-corrected chi connectivity index (χ4v) is 3.68. The first-order valence-electron chi connectivity index (χ1n) is 8.11. The van der Waals surface area contributed by atoms with Crippen LogP contribution in [0.5, 0.6) is 0 Å². The molecule has 0 aliphatic carbocycles. The first kappa shape index (κ1) is 18.9. The van der Waals surface area contributed by atoms with Crippen LogP contribution < -0.4 is 10.6 Å². The number of aromatic nitrogens is 2. The molecule has 27 heavy (non-hydrogen) atoms. The predicted molar refractivity (Wildman–Crippen MR) is 89.2 cm³/mol. The lowest BCUT2D eigenvalue weighted by Crippen LogP contribution is -2.34. The van der Waals surface area contributed by atoms with Gasteiger partial charge in [-0.3, -0.25) is 4.79 Å². The Morgan fingerprint density at radius 1 is 1.44 bits per heavy atom. The van der Waals surface area contributed by atoms with Crippen molar-refractivity contribution in [2.75, 3.05) is 18.0 Å². The average Bonchev–Trinajstić information content (AvgIpc) is 3.01. The third-order valence-corrected chi connectivity index (χ3v) is 5.01. The number of halogens is 4. The molecule has 1 aliphatic rings. The van der Waals surface area contributed by atoms with E-state index >= 15 is 0 Å². The zero-order valence-corrected chi connectivity index (χ0v) is 14.8. The Morgan fingerprint density at radius 3 is 2.56 bits per heavy atom. The summed E-state index contributed by atoms with van der Waals surface area (Å²) in [6.45, 7) is 5.08. The van der Waals surface area contributed by atoms with Gasteiger partial charge in [0, 0.05) is 13.1 Å². The van der Waals surface area contributed by atoms with Gasteiger partial charge in [0.1, 0.15) is 17.1 Å². The van der Waals surface area contributed by atoms with Crippen LogP contribution in [0.3, 0.4) is 0 Å². The number of pyridine rings is 1. The first-order chi connectivity index (χ1) is 12.4. The predicted octanol–water partition coefficient (Wildman–Crippen LogP) is 2.85. The summed E-state index contributed by atoms with van der Waals surface area (Å²) in [6.07, 6.45) is -4.94. The van der Waals surface area contributed by atoms with Gasteiger partial charge in [0.05, 0.1) is 22.8 Å². The number of fused-ring (bicyclic) bond motifs is 1. The second kappa shape index (κ2) is 5.84. The van der Waals surface area contributed by atoms with Gasteiger partial charge in [0.15, 0.2) is 11.5 Å². The van der Waals surface area contributed by atoms with Gasteiger partial charge in [-0.15, -0.1) is 0 Å². The second-order valence-electron chi connectivity index (χ2n) is 7.41. The number of H-pyrrole nitrogens is 1. The fourth-order valence-electron chi connectivity index (χ4n) is 3.68. The van der Waals surface area contributed by atoms with Gasteiger partial charge in [-0.2, -0.15) is 18.4 Å². The maximum Gasteiger partial charge on any atom is 0.434 e. The van der Waals surface area contributed by atoms with E-state index < -0.39 is 46.0 Å². The molecular weight excluding hydrogens is 366 g/mol. The lowest BCUT2D eigenvalue weighted by molar-refractivity contribution is -0.141. The van der Waals surface area contributed by atoms with Crippen molar-refractivity contribution in [2.45, 2.75) is 26.9 Å². The molecule has 3 rings (SSSR count). The van der Waals surface area contributed by atoms with Crippen LogP contribution in [0, 0.1) is 35.4 Å². The molecule has 1 fully saturated rings. The molecule has 0 saturated carbocycles. The third kappa shape index (κ3) is 2.87. The van der Waals surface area contributed by atoms with E-state index in [-0.39, 0.29) is 30.0 Å². The number of anilines is 1. The minimum absolute atomic E-state index is 0.00419. The van der Waals surface area contributed by atoms with Crippen LogP contribution in [0.15, 0.2) is 0 Å². The number of carbonyl (C=O) groups is 1. The van der Waals surface area contributed by atoms with E-state index in [0.29, 0.717) is 0 Å². The van der Waals surface area contributed by atoms with E-state index in [1.807, 2.05) is 0 Å². The van der Waals surface area contributed by atoms with Gasteiger partial charge < -0.3 is 15.6 Å². The highest BCUT2D eigenvalue weighted by molar-refractivity contribution is 5.94. The molecule has 144 valence electrons. The molecule has 1 amide bonds. The van der Waals surface area contributed by atoms with Crippen molar-refractivity contribution in [3.8, 4) is 6.07 Å². The van der Waals surface area contributed by atoms with E-state index in [1.165, 1.54) is 11.8 Å². The summed E-state index contributed by atoms with van der Waals surface area (Å²) in [4.78, 5) is 19.3. The van der Waals surface area contributed by atoms with E-state index in [1.54, 1.807) is 19.9 Å². The number of carbonyl (C=O) groups excluding carboxylic acids is 1. The first-order valence-corrected chi connectivity index (χ1v) is 8.11. The normalized spacial score (nSPS) is 19.5. The van der Waals surface area contributed by atoms with Crippen LogP contribution in [0.2, 0.25) is 0 Å². The van der Waals surface area contributed by atoms with Crippen molar-refractivity contribution in [1.82, 2.24) is 9.97 Å². The molecule has 6 nitrogen and oxygen atoms in total. The van der Waals surface area contributed by atoms with Crippen LogP contribution in [0.25, 0.3) is 11.0 Å². The quantitative estimate of drug-likeness (QED) is 0.779. The number of primary amides is 1. The number of nitrogens with two attached hydrogens (primary N) is 1. The SMILES string of the molecule is Cc1[nH]c2c(N3C[C@@H](C(N)=O)C(C)(C)C3)c(C#N)c(C(F)(F)F)nc2c1F. The molecule has 0 aromatic carbocycles. The molecule has 1 saturated heterocycles. The fraction of sp³-hybridized carbons (Fsp3) is 0.471. The molecule has 1 aliphatic heterocycles. The van der Waals surface area contributed by atoms with Crippen LogP contribution in [-0.4, -0.2) is 29.0 Å². The van der Waals surface area contributed by atoms with Crippen molar-refractivity contribution in [3.63, 3.8) is 0 Å². The number of nitrogens with zero attached hydrogens (tertiary/aromatic N) is 3. The highest BCUT2D eigenvalue weighted by Crippen LogP contribution is 2.44. The van der Waals surface area contributed by atoms with E-state index in [0.717, 1.165) is 0 Å². The van der Waals surface area contributed by atoms with Gasteiger partial charge in [-0.1, -0.05) is 13.8 Å². The van der Waals surface area contributed by atoms with Gasteiger partial charge >= 0.3 is 6.18 Å². The molecule has 10 heteroatoms. The minimum Gasteiger partial charge on any atom is -0.369 e. The van der Waals surface area contributed by atoms with Crippen molar-refractivity contribution in [3.05, 3.63) is 22.8 Å². The summed E-state index contributed by atoms with van der Waals surface area (Å²) in [5, 5.41) is 9.45. The molecule has 1 atom stereocenters. The number of aromatic amines is 1. The van der Waals surface area contributed by atoms with E-state index in [2.05, 4.69) is 9.97 Å². The Morgan fingerprint density at radius 2 is 2.07 bits per heavy atom. The lowest BCUT2D eigenvalue weighted by atomic mass is 9.82. The number of hydrogen-bond acceptors (Lipinski definition) is 4. The zero-order chi connectivity index (χ0) is 20.3. The molecule has 0 spiro atoms. The number of aryl methyl sites for hydroxylation is 1. The van der Waals surface area contributed by atoms with Crippen LogP contribution in [0.1, 0.15) is 30.8 Å². The zero-order valence-electron chi connectivity index (χ0n) is 14.8. The third-order valence-electron chi connectivity index (χ3n) is 5.01. The Balaban J connectivity index is 2.34. The molecule has 3 heterocycles. The Labute approximate surface area is 152 Å². The summed E-state index contributed by atoms with van der Waals surface area (Å²) in [7, 11) is 0. The molecule has 0 unspecified atom stereocenters. The number of nitrogens with one attached hydrogen (secondary N) is 1. The summed E-state index contributed by atoms with van der Waals surface area (Å²) in [5.74, 6) is -2.13. The molecule has 0 radical (unpaired) electrons. The molecular formula is C17H17F4N5O. The maximum atomic E-state index is 14.3. The summed E-state index contributed by atoms with van der Waals surface area (Å²) < 4.78 is 54.8. The number of alkyl halides is 3. The van der Waals surface area contributed by atoms with Crippen molar-refractivity contribution >= 4 is 22.6 Å². The Bertz CT molecular complexity index is 986. The van der Waals surface area contributed by atoms with Crippen LogP contribution in [0.4, 0.5) is 23.2 Å². The highest BCUT2D eigenvalue weighted by atomic mass is 19.4. The molecule has 0 bridgehead atoms. The second-order valence-corrected chi connectivity index (χ2v) is 7.41. The maximum absolute atomic E-state index is 14.3. The summed E-state index contributed by atoms with van der Waals surface area (Å²) in [5.41, 5.74) is 2.04. The standard InChI is InChI=1S/C17H17F4N5O/c1-7-10(18)11-12(24-7)13(8(4-22)14(25-11)17(19,20)21)26-5-9(15(23)27)16(2,3)6-26/h9,24H,5-6H2,1-3H3,(H2,23,27)/t9-/m0/s1. The van der Waals surface area contributed by atoms with Crippen LogP contribution in [-0.2, 0) is 11.0 Å². The summed E-state index contributed by atoms with van der Waals surface area (Å²) >= 11 is 0. The number of rotatable bonds is 2. The Kier molecular flexibility index (Phi) is 4.10. The van der Waals surface area contributed by atoms with E-state index in [9.17, 15) is 27.6 Å². The topological polar surface area (TPSA) is 98.8 Å². The minimum atomic E-state index is -4.94. The molecule has 3 N–H and O–H groups in total. The largest absolute Gasteiger partial charge is 0.434 e. The molecule has 2 aromatic rings. The monoisotopic (exact) mass is 383 g/mol. The van der Waals surface area contributed by atoms with E-state index in [4.69, 9.17) is 5.73 Å². The Hall–Kier alpha value is -2.83. The van der Waals surface area contributed by atoms with Gasteiger partial charge in [0.2, 0.25) is 5.91 Å². The smallest absolute Gasteiger partial charge is 0.369 e. The van der Waals surface area contributed by atoms with Crippen molar-refractivity contribution in [2.24, 2.45) is 17.1 Å². The number of nitriles is 1. The highest BCUT2D eigenvalue weighted by Gasteiger charge is 2.46. The van der Waals surface area contributed by atoms with Crippen molar-refractivity contribution in [1.29, 1.82) is 5.26 Å². The molecule has 2 aromatic heterocycles. The summed E-state index contributed by atoms with van der Waals surface area (Å²) in [6, 6.07) is 1.56.